The molecule has 4 nitrogen and oxygen atoms in total. The standard InChI is InChI=1S/C16H18N2O2S/c1-12-4-6-13(7-5-12)20-11-15(19)18-9-2-3-14(18)16-17-8-10-21-16/h4-8,10,14H,2-3,9,11H2,1H3. The first-order valence-electron chi connectivity index (χ1n) is 7.12. The van der Waals surface area contributed by atoms with E-state index in [1.807, 2.05) is 41.5 Å². The van der Waals surface area contributed by atoms with Gasteiger partial charge >= 0.3 is 0 Å². The molecule has 21 heavy (non-hydrogen) atoms. The minimum atomic E-state index is 0.0354. The van der Waals surface area contributed by atoms with E-state index in [4.69, 9.17) is 4.74 Å². The van der Waals surface area contributed by atoms with E-state index >= 15 is 0 Å². The number of amides is 1. The summed E-state index contributed by atoms with van der Waals surface area (Å²) in [6, 6.07) is 7.87. The van der Waals surface area contributed by atoms with Gasteiger partial charge in [-0.15, -0.1) is 11.3 Å². The molecule has 1 unspecified atom stereocenters. The molecule has 1 aromatic carbocycles. The Morgan fingerprint density at radius 1 is 1.43 bits per heavy atom. The van der Waals surface area contributed by atoms with Gasteiger partial charge in [0.2, 0.25) is 0 Å². The summed E-state index contributed by atoms with van der Waals surface area (Å²) in [7, 11) is 0. The summed E-state index contributed by atoms with van der Waals surface area (Å²) in [4.78, 5) is 18.6. The Morgan fingerprint density at radius 2 is 2.24 bits per heavy atom. The van der Waals surface area contributed by atoms with E-state index in [1.165, 1.54) is 5.56 Å². The highest BCUT2D eigenvalue weighted by Crippen LogP contribution is 2.32. The van der Waals surface area contributed by atoms with E-state index in [0.29, 0.717) is 0 Å². The first kappa shape index (κ1) is 14.1. The molecule has 0 bridgehead atoms. The number of aryl methyl sites for hydroxylation is 1. The zero-order valence-corrected chi connectivity index (χ0v) is 12.8. The Kier molecular flexibility index (Phi) is 4.20. The zero-order chi connectivity index (χ0) is 14.7. The number of thiazole rings is 1. The van der Waals surface area contributed by atoms with Crippen molar-refractivity contribution in [1.29, 1.82) is 0 Å². The van der Waals surface area contributed by atoms with E-state index < -0.39 is 0 Å². The smallest absolute Gasteiger partial charge is 0.261 e. The second-order valence-corrected chi connectivity index (χ2v) is 6.14. The molecule has 1 aliphatic heterocycles. The molecule has 110 valence electrons. The van der Waals surface area contributed by atoms with Crippen LogP contribution in [-0.4, -0.2) is 28.9 Å². The van der Waals surface area contributed by atoms with Gasteiger partial charge in [-0.1, -0.05) is 17.7 Å². The second-order valence-electron chi connectivity index (χ2n) is 5.22. The van der Waals surface area contributed by atoms with Crippen LogP contribution in [0.2, 0.25) is 0 Å². The van der Waals surface area contributed by atoms with Gasteiger partial charge in [0.25, 0.3) is 5.91 Å². The summed E-state index contributed by atoms with van der Waals surface area (Å²) < 4.78 is 5.59. The molecule has 1 saturated heterocycles. The van der Waals surface area contributed by atoms with E-state index in [-0.39, 0.29) is 18.6 Å². The fourth-order valence-electron chi connectivity index (χ4n) is 2.58. The van der Waals surface area contributed by atoms with Crippen LogP contribution in [0.15, 0.2) is 35.8 Å². The molecule has 0 spiro atoms. The largest absolute Gasteiger partial charge is 0.484 e. The highest BCUT2D eigenvalue weighted by molar-refractivity contribution is 7.09. The topological polar surface area (TPSA) is 42.4 Å². The van der Waals surface area contributed by atoms with Crippen LogP contribution in [0.1, 0.15) is 29.5 Å². The van der Waals surface area contributed by atoms with Gasteiger partial charge in [0.1, 0.15) is 10.8 Å². The average molecular weight is 302 g/mol. The number of hydrogen-bond donors (Lipinski definition) is 0. The van der Waals surface area contributed by atoms with E-state index in [1.54, 1.807) is 17.5 Å². The molecule has 3 rings (SSSR count). The van der Waals surface area contributed by atoms with Gasteiger partial charge < -0.3 is 9.64 Å². The first-order valence-corrected chi connectivity index (χ1v) is 8.00. The van der Waals surface area contributed by atoms with Crippen molar-refractivity contribution in [1.82, 2.24) is 9.88 Å². The van der Waals surface area contributed by atoms with Crippen molar-refractivity contribution in [2.75, 3.05) is 13.2 Å². The summed E-state index contributed by atoms with van der Waals surface area (Å²) >= 11 is 1.61. The molecular formula is C16H18N2O2S. The Morgan fingerprint density at radius 3 is 2.95 bits per heavy atom. The lowest BCUT2D eigenvalue weighted by molar-refractivity contribution is -0.134. The Labute approximate surface area is 128 Å². The number of aromatic nitrogens is 1. The van der Waals surface area contributed by atoms with Crippen LogP contribution in [-0.2, 0) is 4.79 Å². The molecule has 1 atom stereocenters. The predicted octanol–water partition coefficient (Wildman–Crippen LogP) is 3.19. The van der Waals surface area contributed by atoms with Gasteiger partial charge in [0.05, 0.1) is 6.04 Å². The Hall–Kier alpha value is -1.88. The number of likely N-dealkylation sites (tertiary alicyclic amines) is 1. The SMILES string of the molecule is Cc1ccc(OCC(=O)N2CCCC2c2nccs2)cc1. The molecule has 2 heterocycles. The predicted molar refractivity (Wildman–Crippen MR) is 82.5 cm³/mol. The normalized spacial score (nSPS) is 18.0. The maximum atomic E-state index is 12.4. The van der Waals surface area contributed by atoms with Gasteiger partial charge in [-0.2, -0.15) is 0 Å². The summed E-state index contributed by atoms with van der Waals surface area (Å²) in [5, 5.41) is 2.98. The number of benzene rings is 1. The van der Waals surface area contributed by atoms with Crippen LogP contribution in [0, 0.1) is 6.92 Å². The summed E-state index contributed by atoms with van der Waals surface area (Å²) in [5.41, 5.74) is 1.18. The van der Waals surface area contributed by atoms with E-state index in [0.717, 1.165) is 30.1 Å². The van der Waals surface area contributed by atoms with Gasteiger partial charge in [0, 0.05) is 18.1 Å². The van der Waals surface area contributed by atoms with Crippen LogP contribution in [0.3, 0.4) is 0 Å². The van der Waals surface area contributed by atoms with Crippen molar-refractivity contribution in [3.63, 3.8) is 0 Å². The third-order valence-electron chi connectivity index (χ3n) is 3.69. The summed E-state index contributed by atoms with van der Waals surface area (Å²) in [6.07, 6.45) is 3.81. The molecule has 0 aliphatic carbocycles. The molecule has 1 aromatic heterocycles. The second kappa shape index (κ2) is 6.26. The molecule has 0 saturated carbocycles. The van der Waals surface area contributed by atoms with Crippen molar-refractivity contribution >= 4 is 17.2 Å². The fraction of sp³-hybridized carbons (Fsp3) is 0.375. The highest BCUT2D eigenvalue weighted by atomic mass is 32.1. The van der Waals surface area contributed by atoms with Crippen molar-refractivity contribution in [2.24, 2.45) is 0 Å². The molecule has 2 aromatic rings. The van der Waals surface area contributed by atoms with Gasteiger partial charge in [-0.3, -0.25) is 4.79 Å². The minimum Gasteiger partial charge on any atom is -0.484 e. The number of hydrogen-bond acceptors (Lipinski definition) is 4. The highest BCUT2D eigenvalue weighted by Gasteiger charge is 2.31. The minimum absolute atomic E-state index is 0.0354. The lowest BCUT2D eigenvalue weighted by Crippen LogP contribution is -2.34. The number of carbonyl (C=O) groups excluding carboxylic acids is 1. The zero-order valence-electron chi connectivity index (χ0n) is 12.0. The quantitative estimate of drug-likeness (QED) is 0.871. The molecule has 0 radical (unpaired) electrons. The monoisotopic (exact) mass is 302 g/mol. The Bertz CT molecular complexity index is 595. The van der Waals surface area contributed by atoms with Gasteiger partial charge in [-0.25, -0.2) is 4.98 Å². The van der Waals surface area contributed by atoms with Crippen LogP contribution < -0.4 is 4.74 Å². The van der Waals surface area contributed by atoms with Crippen LogP contribution in [0.5, 0.6) is 5.75 Å². The molecule has 5 heteroatoms. The summed E-state index contributed by atoms with van der Waals surface area (Å²) in [5.74, 6) is 0.771. The van der Waals surface area contributed by atoms with E-state index in [2.05, 4.69) is 4.98 Å². The van der Waals surface area contributed by atoms with Crippen molar-refractivity contribution in [3.05, 3.63) is 46.4 Å². The van der Waals surface area contributed by atoms with Crippen molar-refractivity contribution < 1.29 is 9.53 Å². The van der Waals surface area contributed by atoms with Crippen molar-refractivity contribution in [3.8, 4) is 5.75 Å². The lowest BCUT2D eigenvalue weighted by atomic mass is 10.2. The van der Waals surface area contributed by atoms with Gasteiger partial charge in [-0.05, 0) is 31.9 Å². The molecular weight excluding hydrogens is 284 g/mol. The third kappa shape index (κ3) is 3.24. The van der Waals surface area contributed by atoms with Crippen LogP contribution in [0.25, 0.3) is 0 Å². The fourth-order valence-corrected chi connectivity index (χ4v) is 3.37. The summed E-state index contributed by atoms with van der Waals surface area (Å²) in [6.45, 7) is 2.91. The van der Waals surface area contributed by atoms with Gasteiger partial charge in [0.15, 0.2) is 6.61 Å². The molecule has 0 N–H and O–H groups in total. The van der Waals surface area contributed by atoms with Crippen LogP contribution in [0.4, 0.5) is 0 Å². The Balaban J connectivity index is 1.61. The number of nitrogens with zero attached hydrogens (tertiary/aromatic N) is 2. The number of ether oxygens (including phenoxy) is 1. The lowest BCUT2D eigenvalue weighted by Gasteiger charge is -2.23. The molecule has 1 amide bonds. The number of rotatable bonds is 4. The van der Waals surface area contributed by atoms with E-state index in [9.17, 15) is 4.79 Å². The van der Waals surface area contributed by atoms with Crippen LogP contribution >= 0.6 is 11.3 Å². The first-order chi connectivity index (χ1) is 10.2. The molecule has 1 fully saturated rings. The molecule has 1 aliphatic rings. The van der Waals surface area contributed by atoms with Crippen molar-refractivity contribution in [2.45, 2.75) is 25.8 Å². The maximum absolute atomic E-state index is 12.4. The average Bonchev–Trinajstić information content (AvgIpc) is 3.16. The number of carbonyl (C=O) groups is 1. The third-order valence-corrected chi connectivity index (χ3v) is 4.57. The maximum Gasteiger partial charge on any atom is 0.261 e.